The zero-order chi connectivity index (χ0) is 17.4. The lowest BCUT2D eigenvalue weighted by atomic mass is 10.1. The van der Waals surface area contributed by atoms with Crippen molar-refractivity contribution in [2.24, 2.45) is 0 Å². The number of anilines is 1. The minimum Gasteiger partial charge on any atom is -0.494 e. The molecule has 0 aliphatic carbocycles. The maximum atomic E-state index is 12.3. The predicted molar refractivity (Wildman–Crippen MR) is 92.6 cm³/mol. The number of hydrogen-bond acceptors (Lipinski definition) is 4. The Balaban J connectivity index is 2.01. The van der Waals surface area contributed by atoms with Gasteiger partial charge in [0.1, 0.15) is 5.75 Å². The van der Waals surface area contributed by atoms with Crippen molar-refractivity contribution < 1.29 is 19.1 Å². The molecule has 2 rings (SSSR count). The average molecular weight is 327 g/mol. The number of hydrogen-bond donors (Lipinski definition) is 1. The van der Waals surface area contributed by atoms with Gasteiger partial charge in [0.2, 0.25) is 0 Å². The quantitative estimate of drug-likeness (QED) is 0.619. The maximum Gasteiger partial charge on any atom is 0.337 e. The zero-order valence-corrected chi connectivity index (χ0v) is 13.9. The number of amides is 1. The summed E-state index contributed by atoms with van der Waals surface area (Å²) in [6.45, 7) is 2.73. The van der Waals surface area contributed by atoms with Gasteiger partial charge in [0.15, 0.2) is 0 Å². The van der Waals surface area contributed by atoms with Gasteiger partial charge in [-0.2, -0.15) is 0 Å². The van der Waals surface area contributed by atoms with Crippen molar-refractivity contribution >= 4 is 17.6 Å². The van der Waals surface area contributed by atoms with Crippen molar-refractivity contribution in [3.63, 3.8) is 0 Å². The molecule has 0 bridgehead atoms. The fourth-order valence-electron chi connectivity index (χ4n) is 2.07. The molecule has 0 heterocycles. The minimum absolute atomic E-state index is 0.234. The third-order valence-electron chi connectivity index (χ3n) is 3.43. The Morgan fingerprint density at radius 3 is 2.46 bits per heavy atom. The van der Waals surface area contributed by atoms with Crippen LogP contribution in [0.1, 0.15) is 40.5 Å². The maximum absolute atomic E-state index is 12.3. The van der Waals surface area contributed by atoms with E-state index in [1.54, 1.807) is 42.5 Å². The van der Waals surface area contributed by atoms with Gasteiger partial charge < -0.3 is 14.8 Å². The van der Waals surface area contributed by atoms with E-state index in [9.17, 15) is 9.59 Å². The lowest BCUT2D eigenvalue weighted by Crippen LogP contribution is -2.12. The summed E-state index contributed by atoms with van der Waals surface area (Å²) in [5.41, 5.74) is 1.55. The van der Waals surface area contributed by atoms with E-state index >= 15 is 0 Å². The Hall–Kier alpha value is -2.82. The smallest absolute Gasteiger partial charge is 0.337 e. The predicted octanol–water partition coefficient (Wildman–Crippen LogP) is 3.90. The van der Waals surface area contributed by atoms with Crippen LogP contribution in [0.15, 0.2) is 48.5 Å². The monoisotopic (exact) mass is 327 g/mol. The van der Waals surface area contributed by atoms with Gasteiger partial charge in [-0.05, 0) is 48.9 Å². The molecule has 0 spiro atoms. The van der Waals surface area contributed by atoms with Crippen molar-refractivity contribution in [1.82, 2.24) is 0 Å². The van der Waals surface area contributed by atoms with Gasteiger partial charge in [0.05, 0.1) is 19.3 Å². The lowest BCUT2D eigenvalue weighted by Gasteiger charge is -2.09. The van der Waals surface area contributed by atoms with Gasteiger partial charge in [-0.25, -0.2) is 4.79 Å². The molecule has 126 valence electrons. The molecule has 1 N–H and O–H groups in total. The van der Waals surface area contributed by atoms with Crippen molar-refractivity contribution in [3.05, 3.63) is 59.7 Å². The second-order valence-electron chi connectivity index (χ2n) is 5.25. The van der Waals surface area contributed by atoms with Crippen molar-refractivity contribution in [3.8, 4) is 5.75 Å². The summed E-state index contributed by atoms with van der Waals surface area (Å²) in [6.07, 6.45) is 2.03. The van der Waals surface area contributed by atoms with Crippen LogP contribution in [0.25, 0.3) is 0 Å². The number of benzene rings is 2. The summed E-state index contributed by atoms with van der Waals surface area (Å²) in [6, 6.07) is 13.6. The van der Waals surface area contributed by atoms with Crippen LogP contribution >= 0.6 is 0 Å². The summed E-state index contributed by atoms with van der Waals surface area (Å²) in [7, 11) is 1.33. The van der Waals surface area contributed by atoms with E-state index < -0.39 is 5.97 Å². The molecule has 0 aliphatic heterocycles. The Morgan fingerprint density at radius 1 is 1.04 bits per heavy atom. The number of carbonyl (C=O) groups excluding carboxylic acids is 2. The highest BCUT2D eigenvalue weighted by atomic mass is 16.5. The molecule has 2 aromatic rings. The van der Waals surface area contributed by atoms with E-state index in [1.807, 2.05) is 6.07 Å². The van der Waals surface area contributed by atoms with Gasteiger partial charge in [0, 0.05) is 11.3 Å². The highest BCUT2D eigenvalue weighted by Gasteiger charge is 2.09. The second kappa shape index (κ2) is 8.72. The molecule has 5 heteroatoms. The molecule has 1 amide bonds. The SMILES string of the molecule is CCCCOc1cccc(C(=O)Nc2ccc(C(=O)OC)cc2)c1. The van der Waals surface area contributed by atoms with Gasteiger partial charge >= 0.3 is 5.97 Å². The average Bonchev–Trinajstić information content (AvgIpc) is 2.62. The van der Waals surface area contributed by atoms with Crippen LogP contribution in [0.4, 0.5) is 5.69 Å². The number of rotatable bonds is 7. The Morgan fingerprint density at radius 2 is 1.79 bits per heavy atom. The number of unbranched alkanes of at least 4 members (excludes halogenated alkanes) is 1. The van der Waals surface area contributed by atoms with E-state index in [1.165, 1.54) is 7.11 Å². The fraction of sp³-hybridized carbons (Fsp3) is 0.263. The molecular formula is C19H21NO4. The summed E-state index contributed by atoms with van der Waals surface area (Å²) < 4.78 is 10.3. The largest absolute Gasteiger partial charge is 0.494 e. The van der Waals surface area contributed by atoms with E-state index in [-0.39, 0.29) is 5.91 Å². The molecule has 0 aromatic heterocycles. The number of esters is 1. The normalized spacial score (nSPS) is 10.1. The van der Waals surface area contributed by atoms with Crippen LogP contribution in [0.5, 0.6) is 5.75 Å². The van der Waals surface area contributed by atoms with Crippen molar-refractivity contribution in [2.45, 2.75) is 19.8 Å². The summed E-state index contributed by atoms with van der Waals surface area (Å²) >= 11 is 0. The van der Waals surface area contributed by atoms with Crippen LogP contribution in [-0.2, 0) is 4.74 Å². The first kappa shape index (κ1) is 17.5. The summed E-state index contributed by atoms with van der Waals surface area (Å²) in [4.78, 5) is 23.7. The van der Waals surface area contributed by atoms with Gasteiger partial charge in [-0.15, -0.1) is 0 Å². The van der Waals surface area contributed by atoms with E-state index in [2.05, 4.69) is 17.0 Å². The van der Waals surface area contributed by atoms with Crippen molar-refractivity contribution in [1.29, 1.82) is 0 Å². The molecule has 2 aromatic carbocycles. The van der Waals surface area contributed by atoms with Crippen LogP contribution in [0.3, 0.4) is 0 Å². The minimum atomic E-state index is -0.412. The van der Waals surface area contributed by atoms with Crippen molar-refractivity contribution in [2.75, 3.05) is 19.0 Å². The highest BCUT2D eigenvalue weighted by molar-refractivity contribution is 6.04. The topological polar surface area (TPSA) is 64.6 Å². The summed E-state index contributed by atoms with van der Waals surface area (Å²) in [5, 5.41) is 2.79. The van der Waals surface area contributed by atoms with Gasteiger partial charge in [0.25, 0.3) is 5.91 Å². The molecule has 0 saturated heterocycles. The molecule has 0 radical (unpaired) electrons. The highest BCUT2D eigenvalue weighted by Crippen LogP contribution is 2.16. The number of nitrogens with one attached hydrogen (secondary N) is 1. The fourth-order valence-corrected chi connectivity index (χ4v) is 2.07. The third-order valence-corrected chi connectivity index (χ3v) is 3.43. The van der Waals surface area contributed by atoms with Crippen LogP contribution in [-0.4, -0.2) is 25.6 Å². The first-order valence-corrected chi connectivity index (χ1v) is 7.86. The molecule has 24 heavy (non-hydrogen) atoms. The molecule has 0 unspecified atom stereocenters. The van der Waals surface area contributed by atoms with Gasteiger partial charge in [-0.3, -0.25) is 4.79 Å². The molecule has 5 nitrogen and oxygen atoms in total. The molecule has 0 atom stereocenters. The molecule has 0 aliphatic rings. The van der Waals surface area contributed by atoms with Gasteiger partial charge in [-0.1, -0.05) is 19.4 Å². The first-order chi connectivity index (χ1) is 11.6. The Bertz CT molecular complexity index is 695. The number of methoxy groups -OCH3 is 1. The number of ether oxygens (including phenoxy) is 2. The van der Waals surface area contributed by atoms with E-state index in [4.69, 9.17) is 4.74 Å². The molecule has 0 fully saturated rings. The Kier molecular flexibility index (Phi) is 6.37. The second-order valence-corrected chi connectivity index (χ2v) is 5.25. The van der Waals surface area contributed by atoms with E-state index in [0.717, 1.165) is 12.8 Å². The lowest BCUT2D eigenvalue weighted by molar-refractivity contribution is 0.0600. The number of carbonyl (C=O) groups is 2. The van der Waals surface area contributed by atoms with Crippen LogP contribution in [0.2, 0.25) is 0 Å². The zero-order valence-electron chi connectivity index (χ0n) is 13.9. The molecular weight excluding hydrogens is 306 g/mol. The summed E-state index contributed by atoms with van der Waals surface area (Å²) in [5.74, 6) is 0.0312. The first-order valence-electron chi connectivity index (χ1n) is 7.86. The van der Waals surface area contributed by atoms with Crippen LogP contribution in [0, 0.1) is 0 Å². The standard InChI is InChI=1S/C19H21NO4/c1-3-4-12-24-17-7-5-6-15(13-17)18(21)20-16-10-8-14(9-11-16)19(22)23-2/h5-11,13H,3-4,12H2,1-2H3,(H,20,21). The molecule has 0 saturated carbocycles. The Labute approximate surface area is 141 Å². The third kappa shape index (κ3) is 4.84. The van der Waals surface area contributed by atoms with Crippen LogP contribution < -0.4 is 10.1 Å². The van der Waals surface area contributed by atoms with E-state index in [0.29, 0.717) is 29.2 Å².